The zero-order chi connectivity index (χ0) is 21.2. The minimum absolute atomic E-state index is 0.593. The van der Waals surface area contributed by atoms with Gasteiger partial charge in [-0.2, -0.15) is 5.10 Å². The molecular weight excluding hydrogens is 388 g/mol. The number of fused-ring (bicyclic) bond motifs is 1. The predicted octanol–water partition coefficient (Wildman–Crippen LogP) is 4.24. The summed E-state index contributed by atoms with van der Waals surface area (Å²) in [6, 6.07) is 8.22. The molecule has 1 aliphatic carbocycles. The molecule has 1 aromatic carbocycles. The Hall–Kier alpha value is -3.48. The molecule has 0 spiro atoms. The van der Waals surface area contributed by atoms with E-state index in [1.807, 2.05) is 44.8 Å². The number of benzene rings is 1. The summed E-state index contributed by atoms with van der Waals surface area (Å²) in [5.74, 6) is 3.21. The van der Waals surface area contributed by atoms with Gasteiger partial charge in [-0.05, 0) is 43.4 Å². The Morgan fingerprint density at radius 3 is 2.81 bits per heavy atom. The van der Waals surface area contributed by atoms with Crippen molar-refractivity contribution in [3.05, 3.63) is 60.4 Å². The third-order valence-electron chi connectivity index (χ3n) is 5.56. The highest BCUT2D eigenvalue weighted by molar-refractivity contribution is 5.87. The van der Waals surface area contributed by atoms with Crippen molar-refractivity contribution in [2.24, 2.45) is 13.0 Å². The summed E-state index contributed by atoms with van der Waals surface area (Å²) in [5.41, 5.74) is 4.08. The van der Waals surface area contributed by atoms with Crippen molar-refractivity contribution >= 4 is 16.7 Å². The second kappa shape index (κ2) is 8.34. The molecule has 0 aliphatic heterocycles. The Kier molecular flexibility index (Phi) is 5.24. The van der Waals surface area contributed by atoms with Crippen LogP contribution in [0, 0.1) is 5.92 Å². The van der Waals surface area contributed by atoms with Crippen LogP contribution in [0.1, 0.15) is 31.2 Å². The maximum atomic E-state index is 5.95. The number of ether oxygens (including phenoxy) is 1. The number of pyridine rings is 1. The molecule has 1 aliphatic rings. The molecule has 0 bridgehead atoms. The first-order chi connectivity index (χ1) is 15.2. The maximum absolute atomic E-state index is 5.95. The van der Waals surface area contributed by atoms with Crippen LogP contribution in [0.15, 0.2) is 49.1 Å². The highest BCUT2D eigenvalue weighted by Gasteiger charge is 2.21. The van der Waals surface area contributed by atoms with Crippen molar-refractivity contribution in [1.82, 2.24) is 24.7 Å². The molecular formula is C24H26N6O. The van der Waals surface area contributed by atoms with Gasteiger partial charge < -0.3 is 10.1 Å². The van der Waals surface area contributed by atoms with Crippen LogP contribution in [0.3, 0.4) is 0 Å². The van der Waals surface area contributed by atoms with E-state index < -0.39 is 0 Å². The van der Waals surface area contributed by atoms with Gasteiger partial charge in [-0.15, -0.1) is 0 Å². The van der Waals surface area contributed by atoms with Crippen LogP contribution in [-0.4, -0.2) is 37.9 Å². The number of nitrogens with one attached hydrogen (secondary N) is 1. The fourth-order valence-electron chi connectivity index (χ4n) is 3.68. The minimum Gasteiger partial charge on any atom is -0.494 e. The second-order valence-corrected chi connectivity index (χ2v) is 8.04. The first kappa shape index (κ1) is 19.5. The van der Waals surface area contributed by atoms with Crippen LogP contribution in [0.4, 0.5) is 5.82 Å². The lowest BCUT2D eigenvalue weighted by atomic mass is 10.0. The van der Waals surface area contributed by atoms with Crippen molar-refractivity contribution in [3.8, 4) is 16.9 Å². The molecule has 7 nitrogen and oxygen atoms in total. The molecule has 0 unspecified atom stereocenters. The van der Waals surface area contributed by atoms with Gasteiger partial charge in [0.05, 0.1) is 12.8 Å². The molecule has 0 atom stereocenters. The molecule has 4 aromatic rings. The zero-order valence-electron chi connectivity index (χ0n) is 17.9. The molecule has 3 heterocycles. The smallest absolute Gasteiger partial charge is 0.152 e. The Morgan fingerprint density at radius 2 is 2.03 bits per heavy atom. The van der Waals surface area contributed by atoms with E-state index in [4.69, 9.17) is 9.72 Å². The number of hydrogen-bond acceptors (Lipinski definition) is 6. The maximum Gasteiger partial charge on any atom is 0.152 e. The average Bonchev–Trinajstić information content (AvgIpc) is 3.52. The van der Waals surface area contributed by atoms with Gasteiger partial charge in [0.2, 0.25) is 0 Å². The van der Waals surface area contributed by atoms with Crippen LogP contribution in [-0.2, 0) is 13.5 Å². The fraction of sp³-hybridized carbons (Fsp3) is 0.333. The molecule has 0 saturated heterocycles. The first-order valence-electron chi connectivity index (χ1n) is 10.8. The van der Waals surface area contributed by atoms with Gasteiger partial charge in [-0.25, -0.2) is 15.0 Å². The molecule has 1 N–H and O–H groups in total. The van der Waals surface area contributed by atoms with Crippen LogP contribution in [0.5, 0.6) is 5.75 Å². The Morgan fingerprint density at radius 1 is 1.13 bits per heavy atom. The van der Waals surface area contributed by atoms with Crippen LogP contribution in [0.2, 0.25) is 0 Å². The largest absolute Gasteiger partial charge is 0.494 e. The number of rotatable bonds is 8. The molecule has 0 amide bonds. The normalized spacial score (nSPS) is 13.5. The van der Waals surface area contributed by atoms with Crippen molar-refractivity contribution in [2.75, 3.05) is 18.5 Å². The summed E-state index contributed by atoms with van der Waals surface area (Å²) in [6.45, 7) is 3.55. The van der Waals surface area contributed by atoms with Crippen molar-refractivity contribution in [2.45, 2.75) is 26.2 Å². The molecule has 158 valence electrons. The summed E-state index contributed by atoms with van der Waals surface area (Å²) in [4.78, 5) is 14.0. The van der Waals surface area contributed by atoms with Gasteiger partial charge in [0.1, 0.15) is 17.1 Å². The standard InChI is InChI=1S/C24H26N6O/c1-3-31-21-10-17(20-14-28-30(2)15-20)6-7-18(21)11-22-26-13-19-8-9-25-24(23(19)29-22)27-12-16-4-5-16/h6-10,13-16H,3-5,11-12H2,1-2H3,(H,25,27). The topological polar surface area (TPSA) is 77.8 Å². The Labute approximate surface area is 181 Å². The van der Waals surface area contributed by atoms with Crippen molar-refractivity contribution in [3.63, 3.8) is 0 Å². The summed E-state index contributed by atoms with van der Waals surface area (Å²) >= 11 is 0. The lowest BCUT2D eigenvalue weighted by Crippen LogP contribution is -2.07. The minimum atomic E-state index is 0.593. The third kappa shape index (κ3) is 4.35. The van der Waals surface area contributed by atoms with E-state index in [-0.39, 0.29) is 0 Å². The quantitative estimate of drug-likeness (QED) is 0.465. The molecule has 5 rings (SSSR count). The van der Waals surface area contributed by atoms with Crippen LogP contribution in [0.25, 0.3) is 22.0 Å². The van der Waals surface area contributed by atoms with E-state index in [0.717, 1.165) is 57.4 Å². The monoisotopic (exact) mass is 414 g/mol. The Bertz CT molecular complexity index is 1210. The van der Waals surface area contributed by atoms with Crippen molar-refractivity contribution in [1.29, 1.82) is 0 Å². The lowest BCUT2D eigenvalue weighted by molar-refractivity contribution is 0.337. The zero-order valence-corrected chi connectivity index (χ0v) is 17.9. The lowest BCUT2D eigenvalue weighted by Gasteiger charge is -2.12. The molecule has 1 saturated carbocycles. The number of aromatic nitrogens is 5. The number of aryl methyl sites for hydroxylation is 1. The number of nitrogens with zero attached hydrogens (tertiary/aromatic N) is 5. The molecule has 0 radical (unpaired) electrons. The van der Waals surface area contributed by atoms with E-state index >= 15 is 0 Å². The van der Waals surface area contributed by atoms with Gasteiger partial charge in [0.15, 0.2) is 5.82 Å². The fourth-order valence-corrected chi connectivity index (χ4v) is 3.68. The highest BCUT2D eigenvalue weighted by Crippen LogP contribution is 2.31. The SMILES string of the molecule is CCOc1cc(-c2cnn(C)c2)ccc1Cc1ncc2ccnc(NCC3CC3)c2n1. The number of anilines is 1. The highest BCUT2D eigenvalue weighted by atomic mass is 16.5. The van der Waals surface area contributed by atoms with Gasteiger partial charge in [0.25, 0.3) is 0 Å². The molecule has 31 heavy (non-hydrogen) atoms. The summed E-state index contributed by atoms with van der Waals surface area (Å²) in [6.07, 6.45) is 10.7. The summed E-state index contributed by atoms with van der Waals surface area (Å²) < 4.78 is 7.75. The Balaban J connectivity index is 1.44. The molecule has 1 fully saturated rings. The van der Waals surface area contributed by atoms with Crippen LogP contribution < -0.4 is 10.1 Å². The van der Waals surface area contributed by atoms with Crippen molar-refractivity contribution < 1.29 is 4.74 Å². The van der Waals surface area contributed by atoms with Gasteiger partial charge in [0, 0.05) is 55.1 Å². The van der Waals surface area contributed by atoms with E-state index in [1.54, 1.807) is 4.68 Å². The van der Waals surface area contributed by atoms with Gasteiger partial charge in [-0.3, -0.25) is 4.68 Å². The van der Waals surface area contributed by atoms with Gasteiger partial charge >= 0.3 is 0 Å². The predicted molar refractivity (Wildman–Crippen MR) is 121 cm³/mol. The first-order valence-corrected chi connectivity index (χ1v) is 10.8. The van der Waals surface area contributed by atoms with E-state index in [2.05, 4.69) is 38.6 Å². The van der Waals surface area contributed by atoms with Crippen LogP contribution >= 0.6 is 0 Å². The third-order valence-corrected chi connectivity index (χ3v) is 5.56. The molecule has 7 heteroatoms. The van der Waals surface area contributed by atoms with E-state index in [9.17, 15) is 0 Å². The van der Waals surface area contributed by atoms with Gasteiger partial charge in [-0.1, -0.05) is 12.1 Å². The van der Waals surface area contributed by atoms with E-state index in [0.29, 0.717) is 13.0 Å². The number of hydrogen-bond donors (Lipinski definition) is 1. The summed E-state index contributed by atoms with van der Waals surface area (Å²) in [5, 5.41) is 8.73. The second-order valence-electron chi connectivity index (χ2n) is 8.04. The molecule has 3 aromatic heterocycles. The average molecular weight is 415 g/mol. The van der Waals surface area contributed by atoms with E-state index in [1.165, 1.54) is 12.8 Å². The summed E-state index contributed by atoms with van der Waals surface area (Å²) in [7, 11) is 1.92.